The fraction of sp³-hybridized carbons (Fsp3) is 0.286. The van der Waals surface area contributed by atoms with Crippen molar-refractivity contribution < 1.29 is 19.2 Å². The molecule has 2 N–H and O–H groups in total. The Morgan fingerprint density at radius 2 is 1.97 bits per heavy atom. The van der Waals surface area contributed by atoms with Crippen LogP contribution in [-0.4, -0.2) is 35.6 Å². The Kier molecular flexibility index (Phi) is 8.51. The predicted octanol–water partition coefficient (Wildman–Crippen LogP) is 3.23. The molecule has 10 heteroatoms. The fourth-order valence-corrected chi connectivity index (χ4v) is 2.79. The quantitative estimate of drug-likeness (QED) is 0.347. The zero-order chi connectivity index (χ0) is 23.0. The largest absolute Gasteiger partial charge is 0.484 e. The number of aryl methyl sites for hydroxylation is 1. The van der Waals surface area contributed by atoms with E-state index in [1.165, 1.54) is 24.4 Å². The van der Waals surface area contributed by atoms with Gasteiger partial charge in [-0.2, -0.15) is 5.10 Å². The maximum Gasteiger partial charge on any atom is 0.288 e. The highest BCUT2D eigenvalue weighted by atomic mass is 35.5. The summed E-state index contributed by atoms with van der Waals surface area (Å²) in [5.74, 6) is -0.604. The van der Waals surface area contributed by atoms with Gasteiger partial charge in [-0.05, 0) is 30.5 Å². The molecule has 0 spiro atoms. The van der Waals surface area contributed by atoms with Crippen LogP contribution in [0.2, 0.25) is 5.02 Å². The highest BCUT2D eigenvalue weighted by molar-refractivity contribution is 6.32. The number of nitro groups is 1. The minimum Gasteiger partial charge on any atom is -0.484 e. The fourth-order valence-electron chi connectivity index (χ4n) is 2.60. The van der Waals surface area contributed by atoms with Crippen molar-refractivity contribution in [3.05, 3.63) is 68.7 Å². The lowest BCUT2D eigenvalue weighted by molar-refractivity contribution is -0.384. The Hall–Kier alpha value is -3.46. The lowest BCUT2D eigenvalue weighted by atomic mass is 10.0. The summed E-state index contributed by atoms with van der Waals surface area (Å²) in [7, 11) is 0. The van der Waals surface area contributed by atoms with E-state index in [2.05, 4.69) is 15.8 Å². The minimum absolute atomic E-state index is 0.00156. The molecule has 0 aliphatic rings. The van der Waals surface area contributed by atoms with Crippen LogP contribution in [0.25, 0.3) is 0 Å². The van der Waals surface area contributed by atoms with Crippen molar-refractivity contribution >= 4 is 35.3 Å². The standard InChI is InChI=1S/C21H23ClN4O5/c1-13(2)20(24-19(27)12-31-18-7-5-4-6-14(18)3)21(28)25-23-11-15-8-9-16(22)17(10-15)26(29)30/h4-11,13,20H,12H2,1-3H3,(H,24,27)(H,25,28)/b23-11+. The lowest BCUT2D eigenvalue weighted by Crippen LogP contribution is -2.49. The van der Waals surface area contributed by atoms with Crippen LogP contribution in [-0.2, 0) is 9.59 Å². The molecule has 0 bridgehead atoms. The number of ether oxygens (including phenoxy) is 1. The van der Waals surface area contributed by atoms with Crippen LogP contribution in [0.15, 0.2) is 47.6 Å². The van der Waals surface area contributed by atoms with E-state index in [-0.39, 0.29) is 23.2 Å². The number of rotatable bonds is 9. The van der Waals surface area contributed by atoms with Gasteiger partial charge in [-0.1, -0.05) is 49.7 Å². The molecule has 0 fully saturated rings. The van der Waals surface area contributed by atoms with Crippen molar-refractivity contribution in [2.45, 2.75) is 26.8 Å². The number of hydrazone groups is 1. The summed E-state index contributed by atoms with van der Waals surface area (Å²) < 4.78 is 5.50. The Morgan fingerprint density at radius 1 is 1.26 bits per heavy atom. The molecule has 0 aromatic heterocycles. The molecular weight excluding hydrogens is 424 g/mol. The maximum absolute atomic E-state index is 12.5. The molecule has 0 radical (unpaired) electrons. The zero-order valence-electron chi connectivity index (χ0n) is 17.3. The summed E-state index contributed by atoms with van der Waals surface area (Å²) in [5.41, 5.74) is 3.35. The minimum atomic E-state index is -0.843. The van der Waals surface area contributed by atoms with Gasteiger partial charge in [0.1, 0.15) is 16.8 Å². The highest BCUT2D eigenvalue weighted by Gasteiger charge is 2.24. The van der Waals surface area contributed by atoms with Crippen LogP contribution >= 0.6 is 11.6 Å². The number of nitrogens with one attached hydrogen (secondary N) is 2. The number of hydrogen-bond acceptors (Lipinski definition) is 6. The average Bonchev–Trinajstić information content (AvgIpc) is 2.72. The molecule has 0 saturated carbocycles. The number of carbonyl (C=O) groups excluding carboxylic acids is 2. The Labute approximate surface area is 184 Å². The van der Waals surface area contributed by atoms with Gasteiger partial charge in [0.25, 0.3) is 17.5 Å². The number of para-hydroxylation sites is 1. The SMILES string of the molecule is Cc1ccccc1OCC(=O)NC(C(=O)N/N=C/c1ccc(Cl)c([N+](=O)[O-])c1)C(C)C. The monoisotopic (exact) mass is 446 g/mol. The smallest absolute Gasteiger partial charge is 0.288 e. The van der Waals surface area contributed by atoms with Gasteiger partial charge in [0.15, 0.2) is 6.61 Å². The number of hydrogen-bond donors (Lipinski definition) is 2. The first-order chi connectivity index (χ1) is 14.7. The van der Waals surface area contributed by atoms with Crippen LogP contribution in [0.5, 0.6) is 5.75 Å². The van der Waals surface area contributed by atoms with Gasteiger partial charge in [0.05, 0.1) is 11.1 Å². The zero-order valence-corrected chi connectivity index (χ0v) is 18.1. The molecule has 2 amide bonds. The molecule has 1 atom stereocenters. The summed E-state index contributed by atoms with van der Waals surface area (Å²) in [6, 6.07) is 10.6. The van der Waals surface area contributed by atoms with Crippen molar-refractivity contribution in [3.8, 4) is 5.75 Å². The maximum atomic E-state index is 12.5. The lowest BCUT2D eigenvalue weighted by Gasteiger charge is -2.20. The first kappa shape index (κ1) is 23.8. The van der Waals surface area contributed by atoms with E-state index in [4.69, 9.17) is 16.3 Å². The summed E-state index contributed by atoms with van der Waals surface area (Å²) in [5, 5.41) is 17.4. The van der Waals surface area contributed by atoms with E-state index in [9.17, 15) is 19.7 Å². The van der Waals surface area contributed by atoms with Crippen molar-refractivity contribution in [1.29, 1.82) is 0 Å². The molecular formula is C21H23ClN4O5. The van der Waals surface area contributed by atoms with Crippen LogP contribution < -0.4 is 15.5 Å². The van der Waals surface area contributed by atoms with Gasteiger partial charge in [0, 0.05) is 11.6 Å². The Bertz CT molecular complexity index is 993. The van der Waals surface area contributed by atoms with Gasteiger partial charge >= 0.3 is 0 Å². The van der Waals surface area contributed by atoms with E-state index < -0.39 is 22.8 Å². The second kappa shape index (κ2) is 11.1. The van der Waals surface area contributed by atoms with Crippen molar-refractivity contribution in [3.63, 3.8) is 0 Å². The molecule has 31 heavy (non-hydrogen) atoms. The van der Waals surface area contributed by atoms with Gasteiger partial charge in [0.2, 0.25) is 0 Å². The second-order valence-corrected chi connectivity index (χ2v) is 7.45. The molecule has 0 heterocycles. The van der Waals surface area contributed by atoms with Crippen LogP contribution in [0.3, 0.4) is 0 Å². The van der Waals surface area contributed by atoms with Crippen molar-refractivity contribution in [2.75, 3.05) is 6.61 Å². The van der Waals surface area contributed by atoms with Gasteiger partial charge in [-0.15, -0.1) is 0 Å². The van der Waals surface area contributed by atoms with Gasteiger partial charge < -0.3 is 10.1 Å². The molecule has 0 aliphatic carbocycles. The van der Waals surface area contributed by atoms with Gasteiger partial charge in [-0.25, -0.2) is 5.43 Å². The van der Waals surface area contributed by atoms with E-state index in [1.807, 2.05) is 19.1 Å². The molecule has 0 saturated heterocycles. The molecule has 2 rings (SSSR count). The van der Waals surface area contributed by atoms with Crippen molar-refractivity contribution in [2.24, 2.45) is 11.0 Å². The molecule has 0 aliphatic heterocycles. The summed E-state index contributed by atoms with van der Waals surface area (Å²) in [6.45, 7) is 5.18. The second-order valence-electron chi connectivity index (χ2n) is 7.05. The molecule has 2 aromatic carbocycles. The number of amides is 2. The van der Waals surface area contributed by atoms with E-state index in [0.29, 0.717) is 11.3 Å². The topological polar surface area (TPSA) is 123 Å². The molecule has 164 valence electrons. The van der Waals surface area contributed by atoms with E-state index in [1.54, 1.807) is 26.0 Å². The van der Waals surface area contributed by atoms with Gasteiger partial charge in [-0.3, -0.25) is 19.7 Å². The Balaban J connectivity index is 1.95. The average molecular weight is 447 g/mol. The van der Waals surface area contributed by atoms with Crippen LogP contribution in [0.1, 0.15) is 25.0 Å². The third kappa shape index (κ3) is 7.07. The summed E-state index contributed by atoms with van der Waals surface area (Å²) in [4.78, 5) is 35.0. The van der Waals surface area contributed by atoms with E-state index in [0.717, 1.165) is 5.56 Å². The molecule has 9 nitrogen and oxygen atoms in total. The Morgan fingerprint density at radius 3 is 2.61 bits per heavy atom. The number of nitro benzene ring substituents is 1. The molecule has 2 aromatic rings. The third-order valence-corrected chi connectivity index (χ3v) is 4.59. The van der Waals surface area contributed by atoms with E-state index >= 15 is 0 Å². The summed E-state index contributed by atoms with van der Waals surface area (Å²) >= 11 is 5.77. The first-order valence-electron chi connectivity index (χ1n) is 9.43. The molecule has 1 unspecified atom stereocenters. The first-order valence-corrected chi connectivity index (χ1v) is 9.81. The predicted molar refractivity (Wildman–Crippen MR) is 117 cm³/mol. The number of benzene rings is 2. The van der Waals surface area contributed by atoms with Crippen molar-refractivity contribution in [1.82, 2.24) is 10.7 Å². The number of carbonyl (C=O) groups is 2. The number of halogens is 1. The normalized spacial score (nSPS) is 11.9. The van der Waals surface area contributed by atoms with Crippen LogP contribution in [0.4, 0.5) is 5.69 Å². The van der Waals surface area contributed by atoms with Crippen LogP contribution in [0, 0.1) is 23.0 Å². The highest BCUT2D eigenvalue weighted by Crippen LogP contribution is 2.24. The number of nitrogens with zero attached hydrogens (tertiary/aromatic N) is 2. The summed E-state index contributed by atoms with van der Waals surface area (Å²) in [6.07, 6.45) is 1.25. The third-order valence-electron chi connectivity index (χ3n) is 4.27.